The quantitative estimate of drug-likeness (QED) is 0.388. The molecule has 0 aliphatic carbocycles. The fraction of sp³-hybridized carbons (Fsp3) is 0.400. The first-order chi connectivity index (χ1) is 3.56. The summed E-state index contributed by atoms with van der Waals surface area (Å²) < 4.78 is -1.30. The number of hydrogen-bond acceptors (Lipinski definition) is 0. The Balaban J connectivity index is 3.89. The lowest BCUT2D eigenvalue weighted by Gasteiger charge is -1.97. The number of alkyl halides is 3. The third kappa shape index (κ3) is 6.39. The molecule has 0 unspecified atom stereocenters. The lowest BCUT2D eigenvalue weighted by molar-refractivity contribution is 1.47. The van der Waals surface area contributed by atoms with Crippen LogP contribution in [0.15, 0.2) is 17.9 Å². The Morgan fingerprint density at radius 1 is 1.38 bits per heavy atom. The van der Waals surface area contributed by atoms with Crippen LogP contribution in [0.3, 0.4) is 0 Å². The summed E-state index contributed by atoms with van der Waals surface area (Å²) in [7, 11) is 0. The van der Waals surface area contributed by atoms with E-state index in [1.165, 1.54) is 6.08 Å². The predicted octanol–water partition coefficient (Wildman–Crippen LogP) is 3.09. The minimum Gasteiger partial charge on any atom is -0.125 e. The van der Waals surface area contributed by atoms with Gasteiger partial charge in [0.2, 0.25) is 3.79 Å². The zero-order valence-electron chi connectivity index (χ0n) is 4.29. The van der Waals surface area contributed by atoms with Crippen molar-refractivity contribution in [1.82, 2.24) is 0 Å². The van der Waals surface area contributed by atoms with E-state index in [9.17, 15) is 0 Å². The summed E-state index contributed by atoms with van der Waals surface area (Å²) in [5.74, 6) is 0. The second-order valence-corrected chi connectivity index (χ2v) is 3.51. The van der Waals surface area contributed by atoms with Gasteiger partial charge >= 0.3 is 0 Å². The summed E-state index contributed by atoms with van der Waals surface area (Å²) in [5.41, 5.74) is 2.64. The van der Waals surface area contributed by atoms with Crippen LogP contribution in [-0.2, 0) is 0 Å². The van der Waals surface area contributed by atoms with Crippen molar-refractivity contribution in [2.45, 2.75) is 10.7 Å². The van der Waals surface area contributed by atoms with Gasteiger partial charge < -0.3 is 0 Å². The van der Waals surface area contributed by atoms with Crippen molar-refractivity contribution in [1.29, 1.82) is 0 Å². The van der Waals surface area contributed by atoms with Crippen LogP contribution in [-0.4, -0.2) is 3.79 Å². The minimum absolute atomic E-state index is 1.30. The van der Waals surface area contributed by atoms with Gasteiger partial charge in [0.05, 0.1) is 0 Å². The van der Waals surface area contributed by atoms with E-state index in [1.807, 2.05) is 0 Å². The molecular weight excluding hydrogens is 166 g/mol. The van der Waals surface area contributed by atoms with Crippen LogP contribution in [0.1, 0.15) is 6.92 Å². The Kier molecular flexibility index (Phi) is 3.59. The smallest absolute Gasteiger partial charge is 0.125 e. The van der Waals surface area contributed by atoms with E-state index >= 15 is 0 Å². The highest BCUT2D eigenvalue weighted by Crippen LogP contribution is 2.26. The highest BCUT2D eigenvalue weighted by Gasteiger charge is 2.12. The van der Waals surface area contributed by atoms with E-state index in [2.05, 4.69) is 5.73 Å². The lowest BCUT2D eigenvalue weighted by Crippen LogP contribution is -1.91. The molecule has 0 aliphatic heterocycles. The Morgan fingerprint density at radius 3 is 2.00 bits per heavy atom. The van der Waals surface area contributed by atoms with Crippen LogP contribution in [0.2, 0.25) is 0 Å². The molecular formula is C5H5Cl3. The molecule has 0 saturated carbocycles. The average Bonchev–Trinajstić information content (AvgIpc) is 1.59. The summed E-state index contributed by atoms with van der Waals surface area (Å²) in [6, 6.07) is 0. The Bertz CT molecular complexity index is 114. The largest absolute Gasteiger partial charge is 0.216 e. The zero-order valence-corrected chi connectivity index (χ0v) is 6.56. The van der Waals surface area contributed by atoms with E-state index in [0.29, 0.717) is 0 Å². The molecule has 0 aromatic heterocycles. The summed E-state index contributed by atoms with van der Waals surface area (Å²) in [4.78, 5) is 0. The predicted molar refractivity (Wildman–Crippen MR) is 38.6 cm³/mol. The van der Waals surface area contributed by atoms with Gasteiger partial charge in [-0.2, -0.15) is 0 Å². The molecule has 3 heteroatoms. The van der Waals surface area contributed by atoms with Crippen molar-refractivity contribution in [3.8, 4) is 0 Å². The standard InChI is InChI=1S/C5H5Cl3/c1-2-3-4-5(6,7)8/h2,4H,1H3. The van der Waals surface area contributed by atoms with E-state index in [4.69, 9.17) is 34.8 Å². The van der Waals surface area contributed by atoms with Gasteiger partial charge in [0.25, 0.3) is 0 Å². The molecule has 0 aromatic rings. The summed E-state index contributed by atoms with van der Waals surface area (Å²) in [5, 5.41) is 0. The van der Waals surface area contributed by atoms with Crippen molar-refractivity contribution in [3.63, 3.8) is 0 Å². The topological polar surface area (TPSA) is 0 Å². The van der Waals surface area contributed by atoms with E-state index in [-0.39, 0.29) is 0 Å². The second kappa shape index (κ2) is 3.42. The van der Waals surface area contributed by atoms with Gasteiger partial charge in [0, 0.05) is 6.08 Å². The first kappa shape index (κ1) is 8.39. The van der Waals surface area contributed by atoms with Crippen LogP contribution in [0.25, 0.3) is 0 Å². The Hall–Kier alpha value is 0.390. The molecule has 0 amide bonds. The van der Waals surface area contributed by atoms with Gasteiger partial charge in [-0.15, -0.1) is 5.73 Å². The first-order valence-corrected chi connectivity index (χ1v) is 3.14. The molecule has 0 bridgehead atoms. The van der Waals surface area contributed by atoms with Gasteiger partial charge in [0.15, 0.2) is 0 Å². The molecule has 0 heterocycles. The molecule has 46 valence electrons. The van der Waals surface area contributed by atoms with Crippen LogP contribution >= 0.6 is 34.8 Å². The molecule has 0 radical (unpaired) electrons. The fourth-order valence-corrected chi connectivity index (χ4v) is 0.367. The van der Waals surface area contributed by atoms with Gasteiger partial charge in [0.1, 0.15) is 0 Å². The number of rotatable bonds is 0. The molecule has 0 saturated heterocycles. The van der Waals surface area contributed by atoms with Crippen molar-refractivity contribution >= 4 is 34.8 Å². The fourth-order valence-electron chi connectivity index (χ4n) is 0.178. The molecule has 0 fully saturated rings. The third-order valence-electron chi connectivity index (χ3n) is 0.414. The van der Waals surface area contributed by atoms with Crippen molar-refractivity contribution in [2.75, 3.05) is 0 Å². The van der Waals surface area contributed by atoms with Gasteiger partial charge in [-0.1, -0.05) is 34.8 Å². The summed E-state index contributed by atoms with van der Waals surface area (Å²) in [6.45, 7) is 1.80. The van der Waals surface area contributed by atoms with Crippen LogP contribution in [0, 0.1) is 0 Å². The van der Waals surface area contributed by atoms with Crippen LogP contribution in [0.5, 0.6) is 0 Å². The monoisotopic (exact) mass is 170 g/mol. The maximum absolute atomic E-state index is 5.30. The first-order valence-electron chi connectivity index (χ1n) is 2.01. The Labute approximate surface area is 63.7 Å². The number of halogens is 3. The Morgan fingerprint density at radius 2 is 1.88 bits per heavy atom. The normalized spacial score (nSPS) is 10.0. The summed E-state index contributed by atoms with van der Waals surface area (Å²) >= 11 is 15.9. The van der Waals surface area contributed by atoms with Crippen LogP contribution in [0.4, 0.5) is 0 Å². The van der Waals surface area contributed by atoms with E-state index in [1.54, 1.807) is 13.0 Å². The maximum atomic E-state index is 5.30. The van der Waals surface area contributed by atoms with E-state index < -0.39 is 3.79 Å². The molecule has 0 aromatic carbocycles. The van der Waals surface area contributed by atoms with Crippen molar-refractivity contribution in [3.05, 3.63) is 17.9 Å². The lowest BCUT2D eigenvalue weighted by atomic mass is 10.6. The molecule has 0 nitrogen and oxygen atoms in total. The molecule has 0 atom stereocenters. The molecule has 0 rings (SSSR count). The summed E-state index contributed by atoms with van der Waals surface area (Å²) in [6.07, 6.45) is 3.03. The number of allylic oxidation sites excluding steroid dienone is 1. The second-order valence-electron chi connectivity index (χ2n) is 1.14. The molecule has 0 aliphatic rings. The molecule has 8 heavy (non-hydrogen) atoms. The van der Waals surface area contributed by atoms with Gasteiger partial charge in [-0.25, -0.2) is 0 Å². The average molecular weight is 171 g/mol. The third-order valence-corrected chi connectivity index (χ3v) is 0.741. The number of hydrogen-bond donors (Lipinski definition) is 0. The van der Waals surface area contributed by atoms with Gasteiger partial charge in [-0.3, -0.25) is 0 Å². The van der Waals surface area contributed by atoms with Gasteiger partial charge in [-0.05, 0) is 13.0 Å². The molecule has 0 N–H and O–H groups in total. The SMILES string of the molecule is CC=C=CC(Cl)(Cl)Cl. The van der Waals surface area contributed by atoms with Crippen molar-refractivity contribution in [2.24, 2.45) is 0 Å². The maximum Gasteiger partial charge on any atom is 0.216 e. The minimum atomic E-state index is -1.30. The highest BCUT2D eigenvalue weighted by molar-refractivity contribution is 6.68. The zero-order chi connectivity index (χ0) is 6.62. The van der Waals surface area contributed by atoms with Crippen molar-refractivity contribution < 1.29 is 0 Å². The molecule has 0 spiro atoms. The van der Waals surface area contributed by atoms with E-state index in [0.717, 1.165) is 0 Å². The highest BCUT2D eigenvalue weighted by atomic mass is 35.6. The van der Waals surface area contributed by atoms with Crippen LogP contribution < -0.4 is 0 Å².